The molecule has 0 radical (unpaired) electrons. The highest BCUT2D eigenvalue weighted by molar-refractivity contribution is 5.95. The van der Waals surface area contributed by atoms with Crippen molar-refractivity contribution in [3.05, 3.63) is 24.3 Å². The van der Waals surface area contributed by atoms with Gasteiger partial charge in [-0.2, -0.15) is 0 Å². The molecule has 1 fully saturated rings. The van der Waals surface area contributed by atoms with E-state index >= 15 is 0 Å². The van der Waals surface area contributed by atoms with Gasteiger partial charge in [-0.05, 0) is 24.0 Å². The third-order valence-corrected chi connectivity index (χ3v) is 2.94. The van der Waals surface area contributed by atoms with E-state index in [-0.39, 0.29) is 23.0 Å². The van der Waals surface area contributed by atoms with Crippen molar-refractivity contribution in [3.63, 3.8) is 0 Å². The number of phenolic OH excluding ortho intramolecular Hbond substituents is 1. The Balaban J connectivity index is 2.01. The van der Waals surface area contributed by atoms with Crippen LogP contribution in [-0.4, -0.2) is 11.0 Å². The molecule has 0 aromatic heterocycles. The maximum atomic E-state index is 11.7. The number of carbonyl (C=O) groups excluding carboxylic acids is 1. The first-order valence-corrected chi connectivity index (χ1v) is 5.09. The summed E-state index contributed by atoms with van der Waals surface area (Å²) in [5.74, 6) is 0.327. The summed E-state index contributed by atoms with van der Waals surface area (Å²) in [6, 6.07) is 6.61. The predicted molar refractivity (Wildman–Crippen MR) is 58.6 cm³/mol. The average molecular weight is 205 g/mol. The molecule has 1 atom stereocenters. The Morgan fingerprint density at radius 3 is 2.73 bits per heavy atom. The van der Waals surface area contributed by atoms with Crippen molar-refractivity contribution in [2.45, 2.75) is 20.3 Å². The number of benzene rings is 1. The number of carbonyl (C=O) groups is 1. The van der Waals surface area contributed by atoms with Crippen molar-refractivity contribution in [1.29, 1.82) is 0 Å². The Bertz CT molecular complexity index is 398. The lowest BCUT2D eigenvalue weighted by Crippen LogP contribution is -2.16. The van der Waals surface area contributed by atoms with Crippen molar-refractivity contribution < 1.29 is 9.90 Å². The van der Waals surface area contributed by atoms with Gasteiger partial charge in [0.2, 0.25) is 5.91 Å². The molecule has 0 bridgehead atoms. The Kier molecular flexibility index (Phi) is 2.18. The average Bonchev–Trinajstić information content (AvgIpc) is 2.75. The van der Waals surface area contributed by atoms with Crippen molar-refractivity contribution in [3.8, 4) is 5.75 Å². The van der Waals surface area contributed by atoms with Gasteiger partial charge in [-0.15, -0.1) is 0 Å². The number of hydrogen-bond donors (Lipinski definition) is 2. The highest BCUT2D eigenvalue weighted by Gasteiger charge is 2.50. The molecule has 1 aromatic rings. The molecule has 0 heterocycles. The van der Waals surface area contributed by atoms with Crippen LogP contribution in [0.25, 0.3) is 0 Å². The van der Waals surface area contributed by atoms with Crippen LogP contribution in [0, 0.1) is 11.3 Å². The molecule has 3 nitrogen and oxygen atoms in total. The standard InChI is InChI=1S/C12H15NO2/c1-12(2)7-10(12)11(15)13-8-4-3-5-9(14)6-8/h3-6,10,14H,7H2,1-2H3,(H,13,15). The molecule has 1 aromatic carbocycles. The third kappa shape index (κ3) is 2.12. The van der Waals surface area contributed by atoms with Crippen LogP contribution in [0.3, 0.4) is 0 Å². The van der Waals surface area contributed by atoms with Gasteiger partial charge in [-0.3, -0.25) is 4.79 Å². The summed E-state index contributed by atoms with van der Waals surface area (Å²) in [6.45, 7) is 4.17. The fourth-order valence-electron chi connectivity index (χ4n) is 1.73. The topological polar surface area (TPSA) is 49.3 Å². The van der Waals surface area contributed by atoms with E-state index in [1.165, 1.54) is 0 Å². The van der Waals surface area contributed by atoms with Gasteiger partial charge in [-0.25, -0.2) is 0 Å². The molecule has 3 heteroatoms. The molecule has 2 rings (SSSR count). The lowest BCUT2D eigenvalue weighted by atomic mass is 10.1. The Morgan fingerprint density at radius 1 is 1.53 bits per heavy atom. The number of anilines is 1. The van der Waals surface area contributed by atoms with E-state index in [4.69, 9.17) is 0 Å². The third-order valence-electron chi connectivity index (χ3n) is 2.94. The van der Waals surface area contributed by atoms with Crippen LogP contribution in [-0.2, 0) is 4.79 Å². The van der Waals surface area contributed by atoms with Crippen molar-refractivity contribution in [2.75, 3.05) is 5.32 Å². The van der Waals surface area contributed by atoms with E-state index in [0.717, 1.165) is 6.42 Å². The van der Waals surface area contributed by atoms with Crippen LogP contribution >= 0.6 is 0 Å². The number of amides is 1. The molecule has 1 amide bonds. The van der Waals surface area contributed by atoms with Crippen LogP contribution in [0.4, 0.5) is 5.69 Å². The Morgan fingerprint density at radius 2 is 2.20 bits per heavy atom. The summed E-state index contributed by atoms with van der Waals surface area (Å²) < 4.78 is 0. The zero-order chi connectivity index (χ0) is 11.1. The molecular weight excluding hydrogens is 190 g/mol. The molecule has 0 spiro atoms. The quantitative estimate of drug-likeness (QED) is 0.778. The number of rotatable bonds is 2. The second-order valence-electron chi connectivity index (χ2n) is 4.78. The zero-order valence-electron chi connectivity index (χ0n) is 8.95. The van der Waals surface area contributed by atoms with Gasteiger partial charge in [0, 0.05) is 17.7 Å². The Hall–Kier alpha value is -1.51. The minimum absolute atomic E-state index is 0.0469. The first kappa shape index (κ1) is 10.0. The summed E-state index contributed by atoms with van der Waals surface area (Å²) in [5, 5.41) is 12.0. The largest absolute Gasteiger partial charge is 0.508 e. The molecule has 1 aliphatic rings. The second kappa shape index (κ2) is 3.26. The molecule has 0 aliphatic heterocycles. The van der Waals surface area contributed by atoms with E-state index in [9.17, 15) is 9.90 Å². The van der Waals surface area contributed by atoms with Crippen molar-refractivity contribution >= 4 is 11.6 Å². The predicted octanol–water partition coefficient (Wildman–Crippen LogP) is 2.38. The van der Waals surface area contributed by atoms with Gasteiger partial charge < -0.3 is 10.4 Å². The number of aromatic hydroxyl groups is 1. The SMILES string of the molecule is CC1(C)CC1C(=O)Nc1cccc(O)c1. The number of hydrogen-bond acceptors (Lipinski definition) is 2. The Labute approximate surface area is 89.1 Å². The minimum atomic E-state index is 0.0469. The number of phenols is 1. The van der Waals surface area contributed by atoms with E-state index in [2.05, 4.69) is 19.2 Å². The highest BCUT2D eigenvalue weighted by Crippen LogP contribution is 2.51. The van der Waals surface area contributed by atoms with Crippen LogP contribution in [0.2, 0.25) is 0 Å². The van der Waals surface area contributed by atoms with E-state index in [1.807, 2.05) is 0 Å². The van der Waals surface area contributed by atoms with Crippen LogP contribution in [0.1, 0.15) is 20.3 Å². The second-order valence-corrected chi connectivity index (χ2v) is 4.78. The first-order valence-electron chi connectivity index (χ1n) is 5.09. The van der Waals surface area contributed by atoms with E-state index in [1.54, 1.807) is 24.3 Å². The van der Waals surface area contributed by atoms with E-state index in [0.29, 0.717) is 5.69 Å². The number of nitrogens with one attached hydrogen (secondary N) is 1. The molecule has 1 aliphatic carbocycles. The molecular formula is C12H15NO2. The summed E-state index contributed by atoms with van der Waals surface area (Å²) in [5.41, 5.74) is 0.795. The lowest BCUT2D eigenvalue weighted by molar-refractivity contribution is -0.117. The molecule has 1 unspecified atom stereocenters. The van der Waals surface area contributed by atoms with Crippen LogP contribution in [0.5, 0.6) is 5.75 Å². The molecule has 2 N–H and O–H groups in total. The van der Waals surface area contributed by atoms with Gasteiger partial charge in [-0.1, -0.05) is 19.9 Å². The normalized spacial score (nSPS) is 22.1. The first-order chi connectivity index (χ1) is 6.99. The summed E-state index contributed by atoms with van der Waals surface area (Å²) in [6.07, 6.45) is 0.942. The maximum Gasteiger partial charge on any atom is 0.228 e. The van der Waals surface area contributed by atoms with Crippen LogP contribution in [0.15, 0.2) is 24.3 Å². The fraction of sp³-hybridized carbons (Fsp3) is 0.417. The molecule has 80 valence electrons. The van der Waals surface area contributed by atoms with Crippen molar-refractivity contribution in [2.24, 2.45) is 11.3 Å². The van der Waals surface area contributed by atoms with Gasteiger partial charge in [0.15, 0.2) is 0 Å². The van der Waals surface area contributed by atoms with Gasteiger partial charge >= 0.3 is 0 Å². The molecule has 1 saturated carbocycles. The molecule has 0 saturated heterocycles. The lowest BCUT2D eigenvalue weighted by Gasteiger charge is -2.06. The van der Waals surface area contributed by atoms with E-state index < -0.39 is 0 Å². The van der Waals surface area contributed by atoms with Gasteiger partial charge in [0.05, 0.1) is 0 Å². The summed E-state index contributed by atoms with van der Waals surface area (Å²) in [7, 11) is 0. The zero-order valence-corrected chi connectivity index (χ0v) is 8.95. The summed E-state index contributed by atoms with van der Waals surface area (Å²) >= 11 is 0. The summed E-state index contributed by atoms with van der Waals surface area (Å²) in [4.78, 5) is 11.7. The smallest absolute Gasteiger partial charge is 0.228 e. The monoisotopic (exact) mass is 205 g/mol. The minimum Gasteiger partial charge on any atom is -0.508 e. The molecule has 15 heavy (non-hydrogen) atoms. The fourth-order valence-corrected chi connectivity index (χ4v) is 1.73. The highest BCUT2D eigenvalue weighted by atomic mass is 16.3. The van der Waals surface area contributed by atoms with Gasteiger partial charge in [0.1, 0.15) is 5.75 Å². The van der Waals surface area contributed by atoms with Crippen LogP contribution < -0.4 is 5.32 Å². The van der Waals surface area contributed by atoms with Crippen molar-refractivity contribution in [1.82, 2.24) is 0 Å². The van der Waals surface area contributed by atoms with Gasteiger partial charge in [0.25, 0.3) is 0 Å². The maximum absolute atomic E-state index is 11.7.